The van der Waals surface area contributed by atoms with Gasteiger partial charge >= 0.3 is 5.97 Å². The van der Waals surface area contributed by atoms with Crippen LogP contribution in [-0.4, -0.2) is 11.1 Å². The predicted molar refractivity (Wildman–Crippen MR) is 128 cm³/mol. The molecule has 0 radical (unpaired) electrons. The van der Waals surface area contributed by atoms with Crippen LogP contribution >= 0.6 is 0 Å². The van der Waals surface area contributed by atoms with Gasteiger partial charge in [0.2, 0.25) is 0 Å². The molecule has 6 heteroatoms. The summed E-state index contributed by atoms with van der Waals surface area (Å²) >= 11 is 0. The van der Waals surface area contributed by atoms with Crippen molar-refractivity contribution < 1.29 is 18.7 Å². The highest BCUT2D eigenvalue weighted by Crippen LogP contribution is 2.33. The van der Waals surface area contributed by atoms with Crippen molar-refractivity contribution >= 4 is 22.6 Å². The van der Waals surface area contributed by atoms with Crippen molar-refractivity contribution in [3.8, 4) is 11.3 Å². The Morgan fingerprint density at radius 1 is 1.03 bits per heavy atom. The Balaban J connectivity index is 1.90. The second kappa shape index (κ2) is 8.54. The molecule has 33 heavy (non-hydrogen) atoms. The van der Waals surface area contributed by atoms with Gasteiger partial charge in [-0.05, 0) is 57.5 Å². The Kier molecular flexibility index (Phi) is 5.77. The summed E-state index contributed by atoms with van der Waals surface area (Å²) in [6.07, 6.45) is 0. The highest BCUT2D eigenvalue weighted by Gasteiger charge is 2.21. The Morgan fingerprint density at radius 3 is 2.45 bits per heavy atom. The Bertz CT molecular complexity index is 1450. The van der Waals surface area contributed by atoms with E-state index in [2.05, 4.69) is 5.32 Å². The van der Waals surface area contributed by atoms with E-state index >= 15 is 0 Å². The molecule has 0 saturated carbocycles. The first kappa shape index (κ1) is 22.3. The van der Waals surface area contributed by atoms with E-state index in [1.807, 2.05) is 51.1 Å². The molecule has 0 fully saturated rings. The van der Waals surface area contributed by atoms with E-state index < -0.39 is 23.4 Å². The molecule has 0 saturated heterocycles. The first-order valence-electron chi connectivity index (χ1n) is 10.6. The standard InChI is InChI=1S/C27H24FNO4/c1-14-7-5-8-18(11-14)25-16(3)24(30)20-13-15(2)12-19(26(20)33-25)17(4)29-22-10-6-9-21(28)23(22)27(31)32/h5-13,17,29H,1-4H3,(H,31,32). The van der Waals surface area contributed by atoms with Gasteiger partial charge in [0.15, 0.2) is 5.43 Å². The quantitative estimate of drug-likeness (QED) is 0.372. The molecule has 0 aliphatic rings. The van der Waals surface area contributed by atoms with Gasteiger partial charge in [-0.25, -0.2) is 9.18 Å². The van der Waals surface area contributed by atoms with Gasteiger partial charge in [0.05, 0.1) is 17.1 Å². The number of hydrogen-bond donors (Lipinski definition) is 2. The third-order valence-corrected chi connectivity index (χ3v) is 5.74. The SMILES string of the molecule is Cc1cccc(-c2oc3c(C(C)Nc4cccc(F)c4C(=O)O)cc(C)cc3c(=O)c2C)c1. The molecule has 5 nitrogen and oxygen atoms in total. The summed E-state index contributed by atoms with van der Waals surface area (Å²) in [5, 5.41) is 13.0. The summed E-state index contributed by atoms with van der Waals surface area (Å²) in [7, 11) is 0. The first-order chi connectivity index (χ1) is 15.7. The minimum Gasteiger partial charge on any atom is -0.478 e. The molecule has 4 rings (SSSR count). The predicted octanol–water partition coefficient (Wildman–Crippen LogP) is 6.40. The molecule has 0 spiro atoms. The van der Waals surface area contributed by atoms with Gasteiger partial charge in [0.1, 0.15) is 22.7 Å². The van der Waals surface area contributed by atoms with E-state index in [1.54, 1.807) is 13.0 Å². The normalized spacial score (nSPS) is 12.0. The van der Waals surface area contributed by atoms with Gasteiger partial charge in [-0.3, -0.25) is 4.79 Å². The van der Waals surface area contributed by atoms with Gasteiger partial charge in [0.25, 0.3) is 0 Å². The lowest BCUT2D eigenvalue weighted by atomic mass is 9.98. The van der Waals surface area contributed by atoms with Crippen molar-refractivity contribution in [1.29, 1.82) is 0 Å². The van der Waals surface area contributed by atoms with E-state index in [4.69, 9.17) is 4.42 Å². The van der Waals surface area contributed by atoms with Gasteiger partial charge in [0, 0.05) is 16.7 Å². The molecule has 0 bridgehead atoms. The second-order valence-electron chi connectivity index (χ2n) is 8.32. The molecule has 3 aromatic carbocycles. The van der Waals surface area contributed by atoms with Crippen LogP contribution in [0.3, 0.4) is 0 Å². The van der Waals surface area contributed by atoms with Crippen LogP contribution in [0.15, 0.2) is 63.8 Å². The number of aromatic carboxylic acids is 1. The van der Waals surface area contributed by atoms with Crippen LogP contribution in [0.25, 0.3) is 22.3 Å². The van der Waals surface area contributed by atoms with Crippen molar-refractivity contribution in [2.24, 2.45) is 0 Å². The number of halogens is 1. The molecule has 1 unspecified atom stereocenters. The summed E-state index contributed by atoms with van der Waals surface area (Å²) in [4.78, 5) is 24.9. The number of fused-ring (bicyclic) bond motifs is 1. The molecule has 1 heterocycles. The summed E-state index contributed by atoms with van der Waals surface area (Å²) in [5.41, 5.74) is 3.91. The molecule has 0 aliphatic carbocycles. The summed E-state index contributed by atoms with van der Waals surface area (Å²) in [5.74, 6) is -1.69. The molecular weight excluding hydrogens is 421 g/mol. The number of anilines is 1. The van der Waals surface area contributed by atoms with Crippen LogP contribution in [-0.2, 0) is 0 Å². The van der Waals surface area contributed by atoms with Gasteiger partial charge in [-0.2, -0.15) is 0 Å². The fraction of sp³-hybridized carbons (Fsp3) is 0.185. The number of carbonyl (C=O) groups is 1. The van der Waals surface area contributed by atoms with Gasteiger partial charge < -0.3 is 14.8 Å². The zero-order chi connectivity index (χ0) is 23.9. The number of carboxylic acid groups (broad SMARTS) is 1. The first-order valence-corrected chi connectivity index (χ1v) is 10.6. The summed E-state index contributed by atoms with van der Waals surface area (Å²) < 4.78 is 20.5. The maximum atomic E-state index is 14.2. The zero-order valence-electron chi connectivity index (χ0n) is 18.8. The van der Waals surface area contributed by atoms with Gasteiger partial charge in [-0.1, -0.05) is 35.9 Å². The number of nitrogens with one attached hydrogen (secondary N) is 1. The lowest BCUT2D eigenvalue weighted by molar-refractivity contribution is 0.0693. The van der Waals surface area contributed by atoms with Crippen molar-refractivity contribution in [1.82, 2.24) is 0 Å². The third-order valence-electron chi connectivity index (χ3n) is 5.74. The van der Waals surface area contributed by atoms with Crippen LogP contribution < -0.4 is 10.7 Å². The van der Waals surface area contributed by atoms with Crippen LogP contribution in [0.2, 0.25) is 0 Å². The molecule has 168 valence electrons. The highest BCUT2D eigenvalue weighted by atomic mass is 19.1. The summed E-state index contributed by atoms with van der Waals surface area (Å²) in [6.45, 7) is 7.41. The Hall–Kier alpha value is -3.93. The number of aryl methyl sites for hydroxylation is 2. The van der Waals surface area contributed by atoms with E-state index in [0.717, 1.165) is 22.8 Å². The zero-order valence-corrected chi connectivity index (χ0v) is 18.8. The van der Waals surface area contributed by atoms with Crippen molar-refractivity contribution in [2.45, 2.75) is 33.7 Å². The molecule has 1 aromatic heterocycles. The number of carboxylic acids is 1. The fourth-order valence-corrected chi connectivity index (χ4v) is 4.12. The highest BCUT2D eigenvalue weighted by molar-refractivity contribution is 5.94. The molecule has 2 N–H and O–H groups in total. The number of rotatable bonds is 5. The molecule has 4 aromatic rings. The number of benzene rings is 3. The molecular formula is C27H24FNO4. The maximum absolute atomic E-state index is 14.2. The lowest BCUT2D eigenvalue weighted by Gasteiger charge is -2.20. The average molecular weight is 445 g/mol. The van der Waals surface area contributed by atoms with E-state index in [9.17, 15) is 19.1 Å². The third kappa shape index (κ3) is 4.12. The van der Waals surface area contributed by atoms with Crippen molar-refractivity contribution in [2.75, 3.05) is 5.32 Å². The largest absolute Gasteiger partial charge is 0.478 e. The van der Waals surface area contributed by atoms with E-state index in [0.29, 0.717) is 27.9 Å². The lowest BCUT2D eigenvalue weighted by Crippen LogP contribution is -2.14. The van der Waals surface area contributed by atoms with E-state index in [-0.39, 0.29) is 11.1 Å². The van der Waals surface area contributed by atoms with Crippen LogP contribution in [0, 0.1) is 26.6 Å². The maximum Gasteiger partial charge on any atom is 0.340 e. The topological polar surface area (TPSA) is 79.5 Å². The monoisotopic (exact) mass is 445 g/mol. The van der Waals surface area contributed by atoms with Crippen LogP contribution in [0.5, 0.6) is 0 Å². The second-order valence-corrected chi connectivity index (χ2v) is 8.32. The van der Waals surface area contributed by atoms with Crippen molar-refractivity contribution in [3.63, 3.8) is 0 Å². The molecule has 0 amide bonds. The van der Waals surface area contributed by atoms with E-state index in [1.165, 1.54) is 12.1 Å². The fourth-order valence-electron chi connectivity index (χ4n) is 4.12. The van der Waals surface area contributed by atoms with Crippen molar-refractivity contribution in [3.05, 3.63) is 98.5 Å². The van der Waals surface area contributed by atoms with Crippen LogP contribution in [0.1, 0.15) is 45.6 Å². The van der Waals surface area contributed by atoms with Gasteiger partial charge in [-0.15, -0.1) is 0 Å². The summed E-state index contributed by atoms with van der Waals surface area (Å²) in [6, 6.07) is 15.0. The smallest absolute Gasteiger partial charge is 0.340 e. The number of hydrogen-bond acceptors (Lipinski definition) is 4. The Labute approximate surface area is 190 Å². The molecule has 1 atom stereocenters. The Morgan fingerprint density at radius 2 is 1.76 bits per heavy atom. The molecule has 0 aliphatic heterocycles. The minimum absolute atomic E-state index is 0.123. The van der Waals surface area contributed by atoms with Crippen LogP contribution in [0.4, 0.5) is 10.1 Å². The average Bonchev–Trinajstić information content (AvgIpc) is 2.75. The minimum atomic E-state index is -1.36.